The molecule has 1 heterocycles. The Bertz CT molecular complexity index is 420. The third kappa shape index (κ3) is 2.17. The summed E-state index contributed by atoms with van der Waals surface area (Å²) in [6, 6.07) is 8.44. The lowest BCUT2D eigenvalue weighted by molar-refractivity contribution is 0.506. The van der Waals surface area contributed by atoms with Gasteiger partial charge in [-0.05, 0) is 37.5 Å². The number of benzene rings is 1. The lowest BCUT2D eigenvalue weighted by Crippen LogP contribution is -2.43. The highest BCUT2D eigenvalue weighted by molar-refractivity contribution is 5.61. The topological polar surface area (TPSA) is 53.0 Å². The molecule has 0 bridgehead atoms. The normalized spacial score (nSPS) is 20.6. The predicted octanol–water partition coefficient (Wildman–Crippen LogP) is 1.79. The average Bonchev–Trinajstić information content (AvgIpc) is 2.29. The quantitative estimate of drug-likeness (QED) is 0.777. The first-order valence-electron chi connectivity index (χ1n) is 5.72. The first-order valence-corrected chi connectivity index (χ1v) is 5.72. The van der Waals surface area contributed by atoms with Crippen LogP contribution in [0.4, 0.5) is 5.69 Å². The van der Waals surface area contributed by atoms with Gasteiger partial charge in [-0.3, -0.25) is 0 Å². The summed E-state index contributed by atoms with van der Waals surface area (Å²) in [6.45, 7) is 3.92. The standard InChI is InChI=1S/C13H17N3/c1-10-4-5-11(8-14)13(7-10)16-6-2-3-12(15)9-16/h4-5,7,12H,2-3,6,9,15H2,1H3. The number of rotatable bonds is 1. The van der Waals surface area contributed by atoms with E-state index in [2.05, 4.69) is 24.0 Å². The van der Waals surface area contributed by atoms with Crippen molar-refractivity contribution in [1.29, 1.82) is 5.26 Å². The largest absolute Gasteiger partial charge is 0.369 e. The predicted molar refractivity (Wildman–Crippen MR) is 65.3 cm³/mol. The highest BCUT2D eigenvalue weighted by Gasteiger charge is 2.19. The number of hydrogen-bond donors (Lipinski definition) is 1. The third-order valence-electron chi connectivity index (χ3n) is 3.07. The molecular weight excluding hydrogens is 198 g/mol. The van der Waals surface area contributed by atoms with Crippen molar-refractivity contribution in [2.75, 3.05) is 18.0 Å². The van der Waals surface area contributed by atoms with Crippen LogP contribution >= 0.6 is 0 Å². The van der Waals surface area contributed by atoms with Crippen molar-refractivity contribution < 1.29 is 0 Å². The first-order chi connectivity index (χ1) is 7.70. The van der Waals surface area contributed by atoms with Crippen LogP contribution in [0.3, 0.4) is 0 Å². The van der Waals surface area contributed by atoms with Crippen LogP contribution in [0.2, 0.25) is 0 Å². The van der Waals surface area contributed by atoms with E-state index < -0.39 is 0 Å². The van der Waals surface area contributed by atoms with Crippen LogP contribution in [0.1, 0.15) is 24.0 Å². The summed E-state index contributed by atoms with van der Waals surface area (Å²) in [5.41, 5.74) is 8.94. The molecule has 0 aromatic heterocycles. The van der Waals surface area contributed by atoms with Crippen molar-refractivity contribution in [2.45, 2.75) is 25.8 Å². The summed E-state index contributed by atoms with van der Waals surface area (Å²) < 4.78 is 0. The van der Waals surface area contributed by atoms with Crippen molar-refractivity contribution in [3.63, 3.8) is 0 Å². The molecule has 1 aromatic rings. The number of aryl methyl sites for hydroxylation is 1. The molecule has 1 aromatic carbocycles. The fraction of sp³-hybridized carbons (Fsp3) is 0.462. The zero-order valence-electron chi connectivity index (χ0n) is 9.61. The van der Waals surface area contributed by atoms with Crippen molar-refractivity contribution in [3.8, 4) is 6.07 Å². The number of nitrogens with zero attached hydrogens (tertiary/aromatic N) is 2. The van der Waals surface area contributed by atoms with Crippen LogP contribution < -0.4 is 10.6 Å². The SMILES string of the molecule is Cc1ccc(C#N)c(N2CCCC(N)C2)c1. The van der Waals surface area contributed by atoms with E-state index in [1.807, 2.05) is 12.1 Å². The summed E-state index contributed by atoms with van der Waals surface area (Å²) in [6.07, 6.45) is 2.20. The second-order valence-corrected chi connectivity index (χ2v) is 4.48. The van der Waals surface area contributed by atoms with Crippen molar-refractivity contribution >= 4 is 5.69 Å². The molecule has 2 rings (SSSR count). The van der Waals surface area contributed by atoms with Gasteiger partial charge in [0.1, 0.15) is 6.07 Å². The number of nitriles is 1. The maximum atomic E-state index is 9.10. The van der Waals surface area contributed by atoms with E-state index in [-0.39, 0.29) is 6.04 Å². The Hall–Kier alpha value is -1.53. The molecule has 1 fully saturated rings. The number of anilines is 1. The molecule has 2 N–H and O–H groups in total. The van der Waals surface area contributed by atoms with Crippen LogP contribution in [0.25, 0.3) is 0 Å². The molecule has 1 aliphatic heterocycles. The van der Waals surface area contributed by atoms with Gasteiger partial charge in [-0.1, -0.05) is 6.07 Å². The van der Waals surface area contributed by atoms with Crippen LogP contribution in [-0.4, -0.2) is 19.1 Å². The molecular formula is C13H17N3. The summed E-state index contributed by atoms with van der Waals surface area (Å²) in [5.74, 6) is 0. The molecule has 1 atom stereocenters. The maximum absolute atomic E-state index is 9.10. The second-order valence-electron chi connectivity index (χ2n) is 4.48. The lowest BCUT2D eigenvalue weighted by atomic mass is 10.0. The van der Waals surface area contributed by atoms with Crippen molar-refractivity contribution in [2.24, 2.45) is 5.73 Å². The van der Waals surface area contributed by atoms with Gasteiger partial charge >= 0.3 is 0 Å². The molecule has 3 heteroatoms. The van der Waals surface area contributed by atoms with Crippen LogP contribution in [0.5, 0.6) is 0 Å². The summed E-state index contributed by atoms with van der Waals surface area (Å²) in [7, 11) is 0. The van der Waals surface area contributed by atoms with Gasteiger partial charge in [-0.25, -0.2) is 0 Å². The monoisotopic (exact) mass is 215 g/mol. The lowest BCUT2D eigenvalue weighted by Gasteiger charge is -2.33. The minimum absolute atomic E-state index is 0.237. The minimum Gasteiger partial charge on any atom is -0.369 e. The van der Waals surface area contributed by atoms with Gasteiger partial charge in [-0.15, -0.1) is 0 Å². The van der Waals surface area contributed by atoms with E-state index in [0.717, 1.165) is 37.2 Å². The smallest absolute Gasteiger partial charge is 0.101 e. The summed E-state index contributed by atoms with van der Waals surface area (Å²) >= 11 is 0. The number of piperidine rings is 1. The second kappa shape index (κ2) is 4.54. The zero-order chi connectivity index (χ0) is 11.5. The number of nitrogens with two attached hydrogens (primary N) is 1. The Labute approximate surface area is 96.5 Å². The fourth-order valence-electron chi connectivity index (χ4n) is 2.23. The molecule has 1 unspecified atom stereocenters. The van der Waals surface area contributed by atoms with Crippen LogP contribution in [0.15, 0.2) is 18.2 Å². The fourth-order valence-corrected chi connectivity index (χ4v) is 2.23. The zero-order valence-corrected chi connectivity index (χ0v) is 9.61. The van der Waals surface area contributed by atoms with E-state index in [4.69, 9.17) is 11.0 Å². The molecule has 1 saturated heterocycles. The van der Waals surface area contributed by atoms with E-state index >= 15 is 0 Å². The summed E-state index contributed by atoms with van der Waals surface area (Å²) in [5, 5.41) is 9.10. The molecule has 0 amide bonds. The van der Waals surface area contributed by atoms with Crippen molar-refractivity contribution in [1.82, 2.24) is 0 Å². The molecule has 84 valence electrons. The maximum Gasteiger partial charge on any atom is 0.101 e. The number of hydrogen-bond acceptors (Lipinski definition) is 3. The highest BCUT2D eigenvalue weighted by atomic mass is 15.2. The Kier molecular flexibility index (Phi) is 3.12. The Balaban J connectivity index is 2.31. The molecule has 1 aliphatic rings. The molecule has 0 aliphatic carbocycles. The van der Waals surface area contributed by atoms with Gasteiger partial charge in [-0.2, -0.15) is 5.26 Å². The minimum atomic E-state index is 0.237. The molecule has 3 nitrogen and oxygen atoms in total. The first kappa shape index (κ1) is 11.0. The van der Waals surface area contributed by atoms with E-state index in [1.165, 1.54) is 5.56 Å². The molecule has 16 heavy (non-hydrogen) atoms. The Morgan fingerprint density at radius 1 is 1.50 bits per heavy atom. The van der Waals surface area contributed by atoms with Gasteiger partial charge < -0.3 is 10.6 Å². The van der Waals surface area contributed by atoms with Gasteiger partial charge in [0.05, 0.1) is 11.3 Å². The molecule has 0 radical (unpaired) electrons. The van der Waals surface area contributed by atoms with E-state index in [0.29, 0.717) is 0 Å². The Morgan fingerprint density at radius 3 is 3.00 bits per heavy atom. The molecule has 0 saturated carbocycles. The third-order valence-corrected chi connectivity index (χ3v) is 3.07. The Morgan fingerprint density at radius 2 is 2.31 bits per heavy atom. The van der Waals surface area contributed by atoms with Gasteiger partial charge in [0.25, 0.3) is 0 Å². The van der Waals surface area contributed by atoms with Crippen molar-refractivity contribution in [3.05, 3.63) is 29.3 Å². The van der Waals surface area contributed by atoms with Gasteiger partial charge in [0.2, 0.25) is 0 Å². The van der Waals surface area contributed by atoms with E-state index in [1.54, 1.807) is 0 Å². The molecule has 0 spiro atoms. The van der Waals surface area contributed by atoms with Crippen LogP contribution in [-0.2, 0) is 0 Å². The average molecular weight is 215 g/mol. The van der Waals surface area contributed by atoms with Gasteiger partial charge in [0, 0.05) is 19.1 Å². The summed E-state index contributed by atoms with van der Waals surface area (Å²) in [4.78, 5) is 2.24. The van der Waals surface area contributed by atoms with Gasteiger partial charge in [0.15, 0.2) is 0 Å². The highest BCUT2D eigenvalue weighted by Crippen LogP contribution is 2.24. The van der Waals surface area contributed by atoms with E-state index in [9.17, 15) is 0 Å². The van der Waals surface area contributed by atoms with Crippen LogP contribution in [0, 0.1) is 18.3 Å².